The summed E-state index contributed by atoms with van der Waals surface area (Å²) < 4.78 is 7.23. The van der Waals surface area contributed by atoms with Crippen LogP contribution in [0.2, 0.25) is 0 Å². The number of nitrogens with zero attached hydrogens (tertiary/aromatic N) is 3. The number of piperidine rings is 1. The van der Waals surface area contributed by atoms with Gasteiger partial charge in [0.25, 0.3) is 0 Å². The maximum Gasteiger partial charge on any atom is 0.225 e. The molecule has 1 amide bonds. The normalized spacial score (nSPS) is 19.2. The van der Waals surface area contributed by atoms with Crippen LogP contribution >= 0.6 is 0 Å². The van der Waals surface area contributed by atoms with Gasteiger partial charge in [-0.05, 0) is 38.7 Å². The van der Waals surface area contributed by atoms with E-state index in [9.17, 15) is 4.79 Å². The van der Waals surface area contributed by atoms with Gasteiger partial charge in [-0.15, -0.1) is 0 Å². The molecular formula is C15H25N3O2. The summed E-state index contributed by atoms with van der Waals surface area (Å²) >= 11 is 0. The SMILES string of the molecule is CCOCCC(=O)N1CCCC[C@H]1CCn1cccn1. The summed E-state index contributed by atoms with van der Waals surface area (Å²) in [6, 6.07) is 2.30. The molecule has 2 rings (SSSR count). The molecule has 0 aliphatic carbocycles. The zero-order valence-corrected chi connectivity index (χ0v) is 12.3. The number of amides is 1. The van der Waals surface area contributed by atoms with Crippen molar-refractivity contribution in [3.63, 3.8) is 0 Å². The number of ether oxygens (including phenoxy) is 1. The fourth-order valence-electron chi connectivity index (χ4n) is 2.79. The van der Waals surface area contributed by atoms with Crippen LogP contribution in [0.3, 0.4) is 0 Å². The predicted octanol–water partition coefficient (Wildman–Crippen LogP) is 2.08. The molecule has 1 saturated heterocycles. The molecular weight excluding hydrogens is 254 g/mol. The Hall–Kier alpha value is -1.36. The Balaban J connectivity index is 1.82. The van der Waals surface area contributed by atoms with Gasteiger partial charge in [-0.1, -0.05) is 0 Å². The van der Waals surface area contributed by atoms with Crippen molar-refractivity contribution in [1.29, 1.82) is 0 Å². The lowest BCUT2D eigenvalue weighted by atomic mass is 9.99. The molecule has 2 heterocycles. The van der Waals surface area contributed by atoms with Crippen LogP contribution in [0, 0.1) is 0 Å². The monoisotopic (exact) mass is 279 g/mol. The molecule has 0 radical (unpaired) electrons. The first kappa shape index (κ1) is 15.0. The van der Waals surface area contributed by atoms with Crippen LogP contribution < -0.4 is 0 Å². The van der Waals surface area contributed by atoms with Crippen molar-refractivity contribution in [3.8, 4) is 0 Å². The Morgan fingerprint density at radius 2 is 2.35 bits per heavy atom. The molecule has 1 atom stereocenters. The summed E-state index contributed by atoms with van der Waals surface area (Å²) in [4.78, 5) is 14.3. The number of aromatic nitrogens is 2. The minimum atomic E-state index is 0.239. The lowest BCUT2D eigenvalue weighted by Gasteiger charge is -2.36. The molecule has 1 aromatic rings. The molecule has 112 valence electrons. The molecule has 0 N–H and O–H groups in total. The lowest BCUT2D eigenvalue weighted by Crippen LogP contribution is -2.44. The first-order valence-electron chi connectivity index (χ1n) is 7.66. The molecule has 1 fully saturated rings. The van der Waals surface area contributed by atoms with Gasteiger partial charge in [-0.25, -0.2) is 0 Å². The van der Waals surface area contributed by atoms with Crippen LogP contribution in [0.25, 0.3) is 0 Å². The second-order valence-corrected chi connectivity index (χ2v) is 5.24. The van der Waals surface area contributed by atoms with E-state index in [0.717, 1.165) is 32.4 Å². The first-order valence-corrected chi connectivity index (χ1v) is 7.66. The number of carbonyl (C=O) groups is 1. The number of rotatable bonds is 7. The van der Waals surface area contributed by atoms with Gasteiger partial charge in [-0.3, -0.25) is 9.48 Å². The number of carbonyl (C=O) groups excluding carboxylic acids is 1. The average molecular weight is 279 g/mol. The van der Waals surface area contributed by atoms with E-state index in [4.69, 9.17) is 4.74 Å². The van der Waals surface area contributed by atoms with Crippen LogP contribution in [0.1, 0.15) is 39.0 Å². The Morgan fingerprint density at radius 3 is 3.10 bits per heavy atom. The Bertz CT molecular complexity index is 392. The molecule has 0 spiro atoms. The smallest absolute Gasteiger partial charge is 0.225 e. The lowest BCUT2D eigenvalue weighted by molar-refractivity contribution is -0.136. The van der Waals surface area contributed by atoms with Crippen LogP contribution in [-0.4, -0.2) is 46.4 Å². The summed E-state index contributed by atoms with van der Waals surface area (Å²) in [7, 11) is 0. The highest BCUT2D eigenvalue weighted by atomic mass is 16.5. The van der Waals surface area contributed by atoms with Gasteiger partial charge < -0.3 is 9.64 Å². The van der Waals surface area contributed by atoms with Crippen LogP contribution in [0.15, 0.2) is 18.5 Å². The third-order valence-corrected chi connectivity index (χ3v) is 3.86. The Morgan fingerprint density at radius 1 is 1.45 bits per heavy atom. The Labute approximate surface area is 120 Å². The van der Waals surface area contributed by atoms with Crippen molar-refractivity contribution in [2.45, 2.75) is 51.6 Å². The van der Waals surface area contributed by atoms with Crippen LogP contribution in [0.4, 0.5) is 0 Å². The molecule has 1 aliphatic heterocycles. The van der Waals surface area contributed by atoms with Gasteiger partial charge in [0.2, 0.25) is 5.91 Å². The highest BCUT2D eigenvalue weighted by molar-refractivity contribution is 5.76. The molecule has 0 bridgehead atoms. The van der Waals surface area contributed by atoms with Crippen molar-refractivity contribution in [2.24, 2.45) is 0 Å². The van der Waals surface area contributed by atoms with E-state index < -0.39 is 0 Å². The zero-order chi connectivity index (χ0) is 14.2. The minimum Gasteiger partial charge on any atom is -0.381 e. The molecule has 1 aliphatic rings. The standard InChI is InChI=1S/C15H25N3O2/c1-2-20-13-8-15(19)18-11-4-3-6-14(18)7-12-17-10-5-9-16-17/h5,9-10,14H,2-4,6-8,11-13H2,1H3/t14-/m0/s1. The number of likely N-dealkylation sites (tertiary alicyclic amines) is 1. The van der Waals surface area contributed by atoms with Gasteiger partial charge in [0.05, 0.1) is 13.0 Å². The third kappa shape index (κ3) is 4.34. The highest BCUT2D eigenvalue weighted by Crippen LogP contribution is 2.21. The topological polar surface area (TPSA) is 47.4 Å². The number of hydrogen-bond acceptors (Lipinski definition) is 3. The summed E-state index contributed by atoms with van der Waals surface area (Å²) in [5.41, 5.74) is 0. The Kier molecular flexibility index (Phi) is 6.05. The zero-order valence-electron chi connectivity index (χ0n) is 12.3. The summed E-state index contributed by atoms with van der Waals surface area (Å²) in [6.45, 7) is 4.95. The van der Waals surface area contributed by atoms with E-state index in [1.165, 1.54) is 6.42 Å². The number of aryl methyl sites for hydroxylation is 1. The van der Waals surface area contributed by atoms with Crippen molar-refractivity contribution >= 4 is 5.91 Å². The predicted molar refractivity (Wildman–Crippen MR) is 77.3 cm³/mol. The van der Waals surface area contributed by atoms with Crippen molar-refractivity contribution in [3.05, 3.63) is 18.5 Å². The molecule has 0 saturated carbocycles. The molecule has 0 aromatic carbocycles. The number of hydrogen-bond donors (Lipinski definition) is 0. The fourth-order valence-corrected chi connectivity index (χ4v) is 2.79. The van der Waals surface area contributed by atoms with E-state index in [1.54, 1.807) is 6.20 Å². The second-order valence-electron chi connectivity index (χ2n) is 5.24. The van der Waals surface area contributed by atoms with Crippen LogP contribution in [-0.2, 0) is 16.1 Å². The summed E-state index contributed by atoms with van der Waals surface area (Å²) in [5, 5.41) is 4.22. The highest BCUT2D eigenvalue weighted by Gasteiger charge is 2.26. The summed E-state index contributed by atoms with van der Waals surface area (Å²) in [6.07, 6.45) is 8.73. The van der Waals surface area contributed by atoms with Crippen molar-refractivity contribution in [2.75, 3.05) is 19.8 Å². The van der Waals surface area contributed by atoms with E-state index in [-0.39, 0.29) is 5.91 Å². The maximum absolute atomic E-state index is 12.3. The van der Waals surface area contributed by atoms with Crippen LogP contribution in [0.5, 0.6) is 0 Å². The second kappa shape index (κ2) is 8.04. The van der Waals surface area contributed by atoms with Crippen molar-refractivity contribution in [1.82, 2.24) is 14.7 Å². The van der Waals surface area contributed by atoms with E-state index in [2.05, 4.69) is 10.00 Å². The average Bonchev–Trinajstić information content (AvgIpc) is 2.99. The van der Waals surface area contributed by atoms with Crippen molar-refractivity contribution < 1.29 is 9.53 Å². The quantitative estimate of drug-likeness (QED) is 0.718. The molecule has 1 aromatic heterocycles. The molecule has 20 heavy (non-hydrogen) atoms. The molecule has 0 unspecified atom stereocenters. The van der Waals surface area contributed by atoms with Gasteiger partial charge in [0.1, 0.15) is 0 Å². The van der Waals surface area contributed by atoms with E-state index in [0.29, 0.717) is 25.7 Å². The largest absolute Gasteiger partial charge is 0.381 e. The van der Waals surface area contributed by atoms with Gasteiger partial charge >= 0.3 is 0 Å². The van der Waals surface area contributed by atoms with Gasteiger partial charge in [0, 0.05) is 38.1 Å². The molecule has 5 nitrogen and oxygen atoms in total. The van der Waals surface area contributed by atoms with E-state index >= 15 is 0 Å². The molecule has 5 heteroatoms. The fraction of sp³-hybridized carbons (Fsp3) is 0.733. The third-order valence-electron chi connectivity index (χ3n) is 3.86. The first-order chi connectivity index (χ1) is 9.81. The summed E-state index contributed by atoms with van der Waals surface area (Å²) in [5.74, 6) is 0.239. The minimum absolute atomic E-state index is 0.239. The van der Waals surface area contributed by atoms with Gasteiger partial charge in [0.15, 0.2) is 0 Å². The maximum atomic E-state index is 12.3. The van der Waals surface area contributed by atoms with Gasteiger partial charge in [-0.2, -0.15) is 5.10 Å². The van der Waals surface area contributed by atoms with E-state index in [1.807, 2.05) is 23.9 Å².